The first-order valence-corrected chi connectivity index (χ1v) is 6.52. The molecular weight excluding hydrogens is 240 g/mol. The molecular formula is C14H20N4O. The number of hydrogen-bond donors (Lipinski definition) is 2. The van der Waals surface area contributed by atoms with Crippen LogP contribution in [0.5, 0.6) is 0 Å². The molecule has 5 heteroatoms. The molecule has 1 aliphatic rings. The molecule has 1 amide bonds. The highest BCUT2D eigenvalue weighted by Gasteiger charge is 2.23. The van der Waals surface area contributed by atoms with E-state index in [1.165, 1.54) is 5.56 Å². The molecule has 2 rings (SSSR count). The molecule has 0 fully saturated rings. The van der Waals surface area contributed by atoms with E-state index in [1.54, 1.807) is 4.90 Å². The number of carbonyl (C=O) groups is 1. The lowest BCUT2D eigenvalue weighted by Crippen LogP contribution is -2.38. The van der Waals surface area contributed by atoms with Crippen molar-refractivity contribution in [3.05, 3.63) is 29.8 Å². The van der Waals surface area contributed by atoms with Crippen molar-refractivity contribution in [2.45, 2.75) is 26.3 Å². The molecule has 1 aromatic carbocycles. The summed E-state index contributed by atoms with van der Waals surface area (Å²) < 4.78 is 0. The van der Waals surface area contributed by atoms with Gasteiger partial charge in [-0.15, -0.1) is 0 Å². The number of guanidine groups is 1. The van der Waals surface area contributed by atoms with Crippen LogP contribution in [0.4, 0.5) is 5.69 Å². The van der Waals surface area contributed by atoms with Crippen molar-refractivity contribution >= 4 is 17.6 Å². The number of hydrogen-bond acceptors (Lipinski definition) is 2. The third-order valence-electron chi connectivity index (χ3n) is 3.01. The van der Waals surface area contributed by atoms with Gasteiger partial charge in [0.25, 0.3) is 0 Å². The highest BCUT2D eigenvalue weighted by atomic mass is 16.2. The van der Waals surface area contributed by atoms with Crippen molar-refractivity contribution in [2.75, 3.05) is 18.0 Å². The molecule has 0 bridgehead atoms. The molecule has 102 valence electrons. The molecule has 1 aromatic rings. The molecule has 0 aromatic heterocycles. The maximum atomic E-state index is 12.1. The SMILES string of the molecule is CC(C)NC(N)=NCC(=O)N1CCc2ccccc21. The summed E-state index contributed by atoms with van der Waals surface area (Å²) in [5.74, 6) is 0.300. The molecule has 0 aliphatic carbocycles. The number of nitrogens with one attached hydrogen (secondary N) is 1. The highest BCUT2D eigenvalue weighted by molar-refractivity contribution is 5.97. The molecule has 1 heterocycles. The molecule has 0 radical (unpaired) electrons. The van der Waals surface area contributed by atoms with Gasteiger partial charge in [-0.2, -0.15) is 0 Å². The van der Waals surface area contributed by atoms with Gasteiger partial charge < -0.3 is 16.0 Å². The second-order valence-electron chi connectivity index (χ2n) is 4.92. The van der Waals surface area contributed by atoms with E-state index in [4.69, 9.17) is 5.73 Å². The standard InChI is InChI=1S/C14H20N4O/c1-10(2)17-14(15)16-9-13(19)18-8-7-11-5-3-4-6-12(11)18/h3-6,10H,7-9H2,1-2H3,(H3,15,16,17). The number of carbonyl (C=O) groups excluding carboxylic acids is 1. The van der Waals surface area contributed by atoms with Crippen molar-refractivity contribution in [1.82, 2.24) is 5.32 Å². The molecule has 0 saturated heterocycles. The van der Waals surface area contributed by atoms with E-state index in [0.717, 1.165) is 18.7 Å². The monoisotopic (exact) mass is 260 g/mol. The Labute approximate surface area is 113 Å². The van der Waals surface area contributed by atoms with E-state index >= 15 is 0 Å². The van der Waals surface area contributed by atoms with Gasteiger partial charge in [0.2, 0.25) is 5.91 Å². The van der Waals surface area contributed by atoms with Crippen LogP contribution in [0.2, 0.25) is 0 Å². The molecule has 0 unspecified atom stereocenters. The first-order valence-electron chi connectivity index (χ1n) is 6.52. The Balaban J connectivity index is 1.99. The lowest BCUT2D eigenvalue weighted by molar-refractivity contribution is -0.117. The number of para-hydroxylation sites is 1. The van der Waals surface area contributed by atoms with Crippen molar-refractivity contribution in [3.8, 4) is 0 Å². The van der Waals surface area contributed by atoms with Crippen LogP contribution < -0.4 is 16.0 Å². The summed E-state index contributed by atoms with van der Waals surface area (Å²) in [4.78, 5) is 18.0. The van der Waals surface area contributed by atoms with Crippen LogP contribution in [0.3, 0.4) is 0 Å². The van der Waals surface area contributed by atoms with Gasteiger partial charge in [0.1, 0.15) is 6.54 Å². The van der Waals surface area contributed by atoms with Crippen LogP contribution in [0.15, 0.2) is 29.3 Å². The number of rotatable bonds is 3. The predicted molar refractivity (Wildman–Crippen MR) is 77.3 cm³/mol. The zero-order valence-corrected chi connectivity index (χ0v) is 11.4. The van der Waals surface area contributed by atoms with Crippen LogP contribution in [-0.4, -0.2) is 31.0 Å². The van der Waals surface area contributed by atoms with Gasteiger partial charge in [-0.05, 0) is 31.9 Å². The average molecular weight is 260 g/mol. The molecule has 0 spiro atoms. The largest absolute Gasteiger partial charge is 0.370 e. The van der Waals surface area contributed by atoms with E-state index in [-0.39, 0.29) is 18.5 Å². The minimum atomic E-state index is -0.0153. The maximum absolute atomic E-state index is 12.1. The number of fused-ring (bicyclic) bond motifs is 1. The van der Waals surface area contributed by atoms with Crippen LogP contribution in [0.1, 0.15) is 19.4 Å². The quantitative estimate of drug-likeness (QED) is 0.626. The number of nitrogens with zero attached hydrogens (tertiary/aromatic N) is 2. The van der Waals surface area contributed by atoms with Gasteiger partial charge >= 0.3 is 0 Å². The Bertz CT molecular complexity index is 496. The van der Waals surface area contributed by atoms with Gasteiger partial charge in [0, 0.05) is 18.3 Å². The Kier molecular flexibility index (Phi) is 4.04. The van der Waals surface area contributed by atoms with Crippen molar-refractivity contribution < 1.29 is 4.79 Å². The molecule has 19 heavy (non-hydrogen) atoms. The third-order valence-corrected chi connectivity index (χ3v) is 3.01. The fourth-order valence-corrected chi connectivity index (χ4v) is 2.18. The third kappa shape index (κ3) is 3.24. The van der Waals surface area contributed by atoms with Gasteiger partial charge in [-0.25, -0.2) is 4.99 Å². The van der Waals surface area contributed by atoms with Crippen LogP contribution >= 0.6 is 0 Å². The Morgan fingerprint density at radius 1 is 1.47 bits per heavy atom. The first-order chi connectivity index (χ1) is 9.08. The highest BCUT2D eigenvalue weighted by Crippen LogP contribution is 2.27. The maximum Gasteiger partial charge on any atom is 0.248 e. The van der Waals surface area contributed by atoms with Crippen LogP contribution in [-0.2, 0) is 11.2 Å². The Morgan fingerprint density at radius 3 is 2.95 bits per heavy atom. The van der Waals surface area contributed by atoms with Gasteiger partial charge in [-0.3, -0.25) is 4.79 Å². The summed E-state index contributed by atoms with van der Waals surface area (Å²) in [5, 5.41) is 2.96. The number of benzene rings is 1. The van der Waals surface area contributed by atoms with Crippen molar-refractivity contribution in [1.29, 1.82) is 0 Å². The number of anilines is 1. The van der Waals surface area contributed by atoms with E-state index in [2.05, 4.69) is 16.4 Å². The smallest absolute Gasteiger partial charge is 0.248 e. The topological polar surface area (TPSA) is 70.7 Å². The van der Waals surface area contributed by atoms with Crippen LogP contribution in [0.25, 0.3) is 0 Å². The second kappa shape index (κ2) is 5.73. The minimum absolute atomic E-state index is 0.0153. The summed E-state index contributed by atoms with van der Waals surface area (Å²) in [6.45, 7) is 4.76. The van der Waals surface area contributed by atoms with E-state index in [1.807, 2.05) is 32.0 Å². The summed E-state index contributed by atoms with van der Waals surface area (Å²) in [6.07, 6.45) is 0.908. The zero-order chi connectivity index (χ0) is 13.8. The number of nitrogens with two attached hydrogens (primary N) is 1. The molecule has 0 atom stereocenters. The second-order valence-corrected chi connectivity index (χ2v) is 4.92. The minimum Gasteiger partial charge on any atom is -0.370 e. The lowest BCUT2D eigenvalue weighted by Gasteiger charge is -2.16. The molecule has 0 saturated carbocycles. The molecule has 5 nitrogen and oxygen atoms in total. The Hall–Kier alpha value is -2.04. The summed E-state index contributed by atoms with van der Waals surface area (Å²) in [5.41, 5.74) is 7.90. The fraction of sp³-hybridized carbons (Fsp3) is 0.429. The summed E-state index contributed by atoms with van der Waals surface area (Å²) in [7, 11) is 0. The average Bonchev–Trinajstić information content (AvgIpc) is 2.79. The van der Waals surface area contributed by atoms with E-state index < -0.39 is 0 Å². The lowest BCUT2D eigenvalue weighted by atomic mass is 10.2. The normalized spacial score (nSPS) is 14.7. The predicted octanol–water partition coefficient (Wildman–Crippen LogP) is 0.888. The number of aliphatic imine (C=N–C) groups is 1. The molecule has 1 aliphatic heterocycles. The van der Waals surface area contributed by atoms with Crippen molar-refractivity contribution in [2.24, 2.45) is 10.7 Å². The number of amides is 1. The van der Waals surface area contributed by atoms with E-state index in [0.29, 0.717) is 5.96 Å². The van der Waals surface area contributed by atoms with Crippen LogP contribution in [0, 0.1) is 0 Å². The van der Waals surface area contributed by atoms with Crippen molar-refractivity contribution in [3.63, 3.8) is 0 Å². The zero-order valence-electron chi connectivity index (χ0n) is 11.4. The van der Waals surface area contributed by atoms with E-state index in [9.17, 15) is 4.79 Å². The van der Waals surface area contributed by atoms with Gasteiger partial charge in [-0.1, -0.05) is 18.2 Å². The van der Waals surface area contributed by atoms with Gasteiger partial charge in [0.15, 0.2) is 5.96 Å². The van der Waals surface area contributed by atoms with Gasteiger partial charge in [0.05, 0.1) is 0 Å². The Morgan fingerprint density at radius 2 is 2.21 bits per heavy atom. The fourth-order valence-electron chi connectivity index (χ4n) is 2.18. The first kappa shape index (κ1) is 13.4. The summed E-state index contributed by atoms with van der Waals surface area (Å²) in [6, 6.07) is 8.18. The summed E-state index contributed by atoms with van der Waals surface area (Å²) >= 11 is 0. The molecule has 3 N–H and O–H groups in total.